The Morgan fingerprint density at radius 2 is 1.53 bits per heavy atom. The van der Waals surface area contributed by atoms with E-state index in [1.165, 1.54) is 0 Å². The summed E-state index contributed by atoms with van der Waals surface area (Å²) in [6, 6.07) is 2.68. The van der Waals surface area contributed by atoms with Crippen molar-refractivity contribution in [3.05, 3.63) is 0 Å². The van der Waals surface area contributed by atoms with Crippen molar-refractivity contribution in [3.63, 3.8) is 0 Å². The van der Waals surface area contributed by atoms with Gasteiger partial charge in [0.2, 0.25) is 5.91 Å². The number of hydrogen-bond donors (Lipinski definition) is 0. The van der Waals surface area contributed by atoms with Gasteiger partial charge in [-0.3, -0.25) is 9.36 Å². The standard InChI is InChI=1S/C14H28N2O2Si/c1-7-12-13(17)16(14(18)15(12)11(5)6)19(8-2,9-3)10-4/h11-12H,7-10H2,1-6H3. The maximum Gasteiger partial charge on any atom is 0.319 e. The summed E-state index contributed by atoms with van der Waals surface area (Å²) in [4.78, 5) is 27.2. The Hall–Kier alpha value is -0.843. The molecule has 1 aliphatic heterocycles. The van der Waals surface area contributed by atoms with Crippen LogP contribution in [0.25, 0.3) is 0 Å². The lowest BCUT2D eigenvalue weighted by atomic mass is 10.2. The normalized spacial score (nSPS) is 20.9. The fraction of sp³-hybridized carbons (Fsp3) is 0.857. The smallest absolute Gasteiger partial charge is 0.311 e. The van der Waals surface area contributed by atoms with Gasteiger partial charge in [0.1, 0.15) is 6.04 Å². The van der Waals surface area contributed by atoms with Crippen molar-refractivity contribution in [2.75, 3.05) is 0 Å². The monoisotopic (exact) mass is 284 g/mol. The first kappa shape index (κ1) is 16.2. The summed E-state index contributed by atoms with van der Waals surface area (Å²) in [5, 5.41) is 0. The van der Waals surface area contributed by atoms with Crippen molar-refractivity contribution in [1.29, 1.82) is 0 Å². The van der Waals surface area contributed by atoms with Crippen molar-refractivity contribution >= 4 is 20.2 Å². The van der Waals surface area contributed by atoms with Crippen LogP contribution in [0.5, 0.6) is 0 Å². The van der Waals surface area contributed by atoms with Crippen LogP contribution in [0.15, 0.2) is 0 Å². The second-order valence-corrected chi connectivity index (χ2v) is 10.7. The second kappa shape index (κ2) is 6.07. The van der Waals surface area contributed by atoms with Gasteiger partial charge in [0, 0.05) is 6.04 Å². The van der Waals surface area contributed by atoms with Gasteiger partial charge in [0.15, 0.2) is 8.24 Å². The predicted octanol–water partition coefficient (Wildman–Crippen LogP) is 3.44. The van der Waals surface area contributed by atoms with E-state index in [1.54, 1.807) is 9.47 Å². The summed E-state index contributed by atoms with van der Waals surface area (Å²) in [6.07, 6.45) is 0.709. The van der Waals surface area contributed by atoms with Crippen molar-refractivity contribution in [2.24, 2.45) is 0 Å². The lowest BCUT2D eigenvalue weighted by Gasteiger charge is -2.36. The summed E-state index contributed by atoms with van der Waals surface area (Å²) in [6.45, 7) is 12.3. The molecule has 0 aliphatic carbocycles. The molecule has 1 saturated heterocycles. The molecule has 0 spiro atoms. The van der Waals surface area contributed by atoms with Crippen LogP contribution in [0, 0.1) is 0 Å². The van der Waals surface area contributed by atoms with E-state index in [2.05, 4.69) is 20.8 Å². The molecule has 1 unspecified atom stereocenters. The zero-order valence-corrected chi connectivity index (χ0v) is 14.2. The molecule has 5 heteroatoms. The summed E-state index contributed by atoms with van der Waals surface area (Å²) < 4.78 is 1.70. The van der Waals surface area contributed by atoms with Crippen LogP contribution in [0.2, 0.25) is 18.1 Å². The number of carbonyl (C=O) groups excluding carboxylic acids is 2. The molecule has 0 aromatic heterocycles. The first-order valence-corrected chi connectivity index (χ1v) is 10.1. The maximum atomic E-state index is 12.7. The number of hydrogen-bond acceptors (Lipinski definition) is 2. The van der Waals surface area contributed by atoms with Crippen LogP contribution in [-0.4, -0.2) is 41.7 Å². The van der Waals surface area contributed by atoms with E-state index in [-0.39, 0.29) is 24.0 Å². The van der Waals surface area contributed by atoms with Crippen LogP contribution < -0.4 is 0 Å². The third-order valence-electron chi connectivity index (χ3n) is 4.65. The van der Waals surface area contributed by atoms with E-state index < -0.39 is 8.24 Å². The number of carbonyl (C=O) groups is 2. The zero-order chi connectivity index (χ0) is 14.8. The van der Waals surface area contributed by atoms with E-state index >= 15 is 0 Å². The largest absolute Gasteiger partial charge is 0.319 e. The van der Waals surface area contributed by atoms with Crippen LogP contribution >= 0.6 is 0 Å². The first-order valence-electron chi connectivity index (χ1n) is 7.56. The molecule has 0 bridgehead atoms. The van der Waals surface area contributed by atoms with E-state index in [0.29, 0.717) is 6.42 Å². The maximum absolute atomic E-state index is 12.7. The molecule has 1 fully saturated rings. The van der Waals surface area contributed by atoms with Gasteiger partial charge in [-0.25, -0.2) is 4.79 Å². The average molecular weight is 284 g/mol. The van der Waals surface area contributed by atoms with Gasteiger partial charge in [0.25, 0.3) is 0 Å². The van der Waals surface area contributed by atoms with Crippen LogP contribution in [0.4, 0.5) is 4.79 Å². The molecule has 1 atom stereocenters. The fourth-order valence-corrected chi connectivity index (χ4v) is 6.81. The number of rotatable bonds is 6. The van der Waals surface area contributed by atoms with Crippen LogP contribution in [0.1, 0.15) is 48.0 Å². The molecule has 0 aromatic carbocycles. The van der Waals surface area contributed by atoms with E-state index in [9.17, 15) is 9.59 Å². The summed E-state index contributed by atoms with van der Waals surface area (Å²) in [5.41, 5.74) is 0. The van der Waals surface area contributed by atoms with Gasteiger partial charge >= 0.3 is 6.03 Å². The summed E-state index contributed by atoms with van der Waals surface area (Å²) >= 11 is 0. The molecule has 3 amide bonds. The van der Waals surface area contributed by atoms with Gasteiger partial charge < -0.3 is 4.90 Å². The molecule has 0 radical (unpaired) electrons. The van der Waals surface area contributed by atoms with Crippen LogP contribution in [0.3, 0.4) is 0 Å². The highest BCUT2D eigenvalue weighted by atomic mass is 28.3. The van der Waals surface area contributed by atoms with Gasteiger partial charge in [0.05, 0.1) is 0 Å². The molecule has 19 heavy (non-hydrogen) atoms. The molecule has 1 rings (SSSR count). The minimum atomic E-state index is -1.96. The van der Waals surface area contributed by atoms with Gasteiger partial charge in [-0.05, 0) is 38.4 Å². The highest BCUT2D eigenvalue weighted by Crippen LogP contribution is 2.33. The van der Waals surface area contributed by atoms with Crippen LogP contribution in [-0.2, 0) is 4.79 Å². The minimum absolute atomic E-state index is 0.0379. The molecule has 0 aromatic rings. The topological polar surface area (TPSA) is 40.6 Å². The van der Waals surface area contributed by atoms with E-state index in [1.807, 2.05) is 20.8 Å². The molecule has 1 aliphatic rings. The Morgan fingerprint density at radius 3 is 1.79 bits per heavy atom. The summed E-state index contributed by atoms with van der Waals surface area (Å²) in [7, 11) is -1.96. The Kier molecular flexibility index (Phi) is 5.18. The predicted molar refractivity (Wildman–Crippen MR) is 80.5 cm³/mol. The van der Waals surface area contributed by atoms with Gasteiger partial charge in [-0.1, -0.05) is 27.7 Å². The van der Waals surface area contributed by atoms with Crippen molar-refractivity contribution in [1.82, 2.24) is 9.47 Å². The Morgan fingerprint density at radius 1 is 1.05 bits per heavy atom. The zero-order valence-electron chi connectivity index (χ0n) is 13.2. The first-order chi connectivity index (χ1) is 8.90. The average Bonchev–Trinajstić information content (AvgIpc) is 2.65. The molecule has 0 saturated carbocycles. The third kappa shape index (κ3) is 2.44. The molecule has 0 N–H and O–H groups in total. The number of amides is 3. The number of imide groups is 1. The third-order valence-corrected chi connectivity index (χ3v) is 9.95. The van der Waals surface area contributed by atoms with Crippen molar-refractivity contribution < 1.29 is 9.59 Å². The van der Waals surface area contributed by atoms with E-state index in [0.717, 1.165) is 18.1 Å². The number of urea groups is 1. The quantitative estimate of drug-likeness (QED) is 0.554. The molecular weight excluding hydrogens is 256 g/mol. The number of nitrogens with zero attached hydrogens (tertiary/aromatic N) is 2. The SMILES string of the molecule is CCC1C(=O)N([Si](CC)(CC)CC)C(=O)N1C(C)C. The lowest BCUT2D eigenvalue weighted by Crippen LogP contribution is -2.56. The van der Waals surface area contributed by atoms with Gasteiger partial charge in [-0.2, -0.15) is 0 Å². The minimum Gasteiger partial charge on any atom is -0.311 e. The van der Waals surface area contributed by atoms with Gasteiger partial charge in [-0.15, -0.1) is 0 Å². The van der Waals surface area contributed by atoms with E-state index in [4.69, 9.17) is 0 Å². The Balaban J connectivity index is 3.22. The fourth-order valence-electron chi connectivity index (χ4n) is 3.22. The molecular formula is C14H28N2O2Si. The van der Waals surface area contributed by atoms with Crippen molar-refractivity contribution in [3.8, 4) is 0 Å². The highest BCUT2D eigenvalue weighted by Gasteiger charge is 2.53. The molecule has 4 nitrogen and oxygen atoms in total. The second-order valence-electron chi connectivity index (χ2n) is 5.67. The molecule has 1 heterocycles. The summed E-state index contributed by atoms with van der Waals surface area (Å²) in [5.74, 6) is 0.0541. The molecule has 110 valence electrons. The lowest BCUT2D eigenvalue weighted by molar-refractivity contribution is -0.126. The Labute approximate surface area is 118 Å². The highest BCUT2D eigenvalue weighted by molar-refractivity contribution is 6.81. The Bertz CT molecular complexity index is 345. The van der Waals surface area contributed by atoms with Crippen molar-refractivity contribution in [2.45, 2.75) is 78.2 Å².